The minimum atomic E-state index is -0.909. The quantitative estimate of drug-likeness (QED) is 0.923. The highest BCUT2D eigenvalue weighted by Crippen LogP contribution is 2.35. The van der Waals surface area contributed by atoms with Crippen LogP contribution in [0.2, 0.25) is 0 Å². The fourth-order valence-electron chi connectivity index (χ4n) is 3.49. The molecule has 4 nitrogen and oxygen atoms in total. The first-order chi connectivity index (χ1) is 12.1. The molecule has 6 heteroatoms. The predicted octanol–water partition coefficient (Wildman–Crippen LogP) is 3.71. The number of hydrogen-bond acceptors (Lipinski definition) is 3. The van der Waals surface area contributed by atoms with Gasteiger partial charge in [-0.15, -0.1) is 0 Å². The molecule has 4 rings (SSSR count). The van der Waals surface area contributed by atoms with E-state index in [1.807, 2.05) is 0 Å². The molecular formula is C19H18F2N2O2. The maximum Gasteiger partial charge on any atom is 0.257 e. The van der Waals surface area contributed by atoms with E-state index in [4.69, 9.17) is 4.74 Å². The normalized spacial score (nSPS) is 22.6. The molecule has 2 atom stereocenters. The van der Waals surface area contributed by atoms with Crippen molar-refractivity contribution in [1.29, 1.82) is 0 Å². The van der Waals surface area contributed by atoms with Crippen LogP contribution in [0.25, 0.3) is 0 Å². The zero-order valence-corrected chi connectivity index (χ0v) is 13.5. The number of fused-ring (bicyclic) bond motifs is 1. The highest BCUT2D eigenvalue weighted by atomic mass is 19.1. The highest BCUT2D eigenvalue weighted by Gasteiger charge is 2.37. The number of amides is 1. The molecule has 0 spiro atoms. The van der Waals surface area contributed by atoms with Crippen LogP contribution in [0, 0.1) is 11.6 Å². The van der Waals surface area contributed by atoms with E-state index in [2.05, 4.69) is 5.32 Å². The average Bonchev–Trinajstić information content (AvgIpc) is 3.11. The third-order valence-corrected chi connectivity index (χ3v) is 4.72. The van der Waals surface area contributed by atoms with Crippen molar-refractivity contribution in [3.8, 4) is 0 Å². The van der Waals surface area contributed by atoms with Crippen LogP contribution >= 0.6 is 0 Å². The molecule has 1 fully saturated rings. The van der Waals surface area contributed by atoms with Crippen LogP contribution < -0.4 is 5.32 Å². The lowest BCUT2D eigenvalue weighted by molar-refractivity contribution is 0.0419. The summed E-state index contributed by atoms with van der Waals surface area (Å²) >= 11 is 0. The lowest BCUT2D eigenvalue weighted by Gasteiger charge is -2.39. The number of carbonyl (C=O) groups excluding carboxylic acids is 1. The second-order valence-corrected chi connectivity index (χ2v) is 6.32. The van der Waals surface area contributed by atoms with Crippen molar-refractivity contribution >= 4 is 11.6 Å². The molecule has 130 valence electrons. The van der Waals surface area contributed by atoms with E-state index in [1.54, 1.807) is 24.3 Å². The summed E-state index contributed by atoms with van der Waals surface area (Å²) in [5.41, 5.74) is 0.917. The van der Waals surface area contributed by atoms with Gasteiger partial charge >= 0.3 is 0 Å². The molecule has 1 N–H and O–H groups in total. The van der Waals surface area contributed by atoms with Gasteiger partial charge in [0, 0.05) is 18.8 Å². The molecule has 0 aromatic heterocycles. The molecule has 25 heavy (non-hydrogen) atoms. The van der Waals surface area contributed by atoms with E-state index in [9.17, 15) is 13.6 Å². The minimum absolute atomic E-state index is 0.117. The fourth-order valence-corrected chi connectivity index (χ4v) is 3.49. The van der Waals surface area contributed by atoms with Gasteiger partial charge in [-0.25, -0.2) is 8.78 Å². The molecular weight excluding hydrogens is 326 g/mol. The number of rotatable bonds is 3. The molecule has 0 aliphatic carbocycles. The number of carbonyl (C=O) groups is 1. The van der Waals surface area contributed by atoms with Gasteiger partial charge in [0.05, 0.1) is 17.2 Å². The molecule has 0 saturated carbocycles. The Kier molecular flexibility index (Phi) is 4.13. The molecule has 2 aromatic rings. The summed E-state index contributed by atoms with van der Waals surface area (Å²) in [6.07, 6.45) is 0.731. The number of anilines is 1. The van der Waals surface area contributed by atoms with Crippen LogP contribution in [-0.4, -0.2) is 30.1 Å². The van der Waals surface area contributed by atoms with Crippen molar-refractivity contribution in [1.82, 2.24) is 4.90 Å². The van der Waals surface area contributed by atoms with Gasteiger partial charge < -0.3 is 15.0 Å². The van der Waals surface area contributed by atoms with Crippen LogP contribution in [-0.2, 0) is 4.74 Å². The summed E-state index contributed by atoms with van der Waals surface area (Å²) in [6, 6.07) is 10.7. The molecule has 1 saturated heterocycles. The molecule has 2 heterocycles. The van der Waals surface area contributed by atoms with E-state index < -0.39 is 17.8 Å². The summed E-state index contributed by atoms with van der Waals surface area (Å²) in [4.78, 5) is 14.5. The number of ether oxygens (including phenoxy) is 1. The number of para-hydroxylation sites is 1. The predicted molar refractivity (Wildman–Crippen MR) is 89.2 cm³/mol. The minimum Gasteiger partial charge on any atom is -0.376 e. The van der Waals surface area contributed by atoms with Gasteiger partial charge in [-0.3, -0.25) is 4.79 Å². The Balaban J connectivity index is 1.77. The molecule has 2 unspecified atom stereocenters. The molecule has 2 aliphatic heterocycles. The topological polar surface area (TPSA) is 41.6 Å². The molecule has 1 amide bonds. The monoisotopic (exact) mass is 344 g/mol. The standard InChI is InChI=1S/C19H18F2N2O2/c20-14-7-3-8-15(21)17(14)18-22-16-9-2-1-6-13(16)19(24)23(18)11-12-5-4-10-25-12/h1-3,6-9,12,18,22H,4-5,10-11H2. The smallest absolute Gasteiger partial charge is 0.257 e. The van der Waals surface area contributed by atoms with E-state index in [1.165, 1.54) is 23.1 Å². The van der Waals surface area contributed by atoms with Crippen LogP contribution in [0.5, 0.6) is 0 Å². The highest BCUT2D eigenvalue weighted by molar-refractivity contribution is 6.01. The van der Waals surface area contributed by atoms with E-state index >= 15 is 0 Å². The Labute approximate surface area is 144 Å². The van der Waals surface area contributed by atoms with Crippen LogP contribution in [0.15, 0.2) is 42.5 Å². The van der Waals surface area contributed by atoms with Crippen molar-refractivity contribution in [3.63, 3.8) is 0 Å². The van der Waals surface area contributed by atoms with Gasteiger partial charge in [0.25, 0.3) is 5.91 Å². The average molecular weight is 344 g/mol. The summed E-state index contributed by atoms with van der Waals surface area (Å²) in [5.74, 6) is -1.61. The summed E-state index contributed by atoms with van der Waals surface area (Å²) in [7, 11) is 0. The first-order valence-electron chi connectivity index (χ1n) is 8.37. The van der Waals surface area contributed by atoms with E-state index in [-0.39, 0.29) is 17.6 Å². The Morgan fingerprint density at radius 1 is 1.12 bits per heavy atom. The largest absolute Gasteiger partial charge is 0.376 e. The van der Waals surface area contributed by atoms with Gasteiger partial charge in [-0.2, -0.15) is 0 Å². The second kappa shape index (κ2) is 6.44. The first-order valence-corrected chi connectivity index (χ1v) is 8.37. The Bertz CT molecular complexity index is 786. The maximum atomic E-state index is 14.4. The molecule has 2 aliphatic rings. The van der Waals surface area contributed by atoms with Gasteiger partial charge in [-0.1, -0.05) is 18.2 Å². The van der Waals surface area contributed by atoms with Crippen LogP contribution in [0.1, 0.15) is 34.9 Å². The van der Waals surface area contributed by atoms with Crippen molar-refractivity contribution in [2.24, 2.45) is 0 Å². The van der Waals surface area contributed by atoms with Crippen molar-refractivity contribution in [2.75, 3.05) is 18.5 Å². The van der Waals surface area contributed by atoms with E-state index in [0.717, 1.165) is 12.8 Å². The molecule has 0 radical (unpaired) electrons. The Morgan fingerprint density at radius 2 is 1.88 bits per heavy atom. The van der Waals surface area contributed by atoms with Crippen molar-refractivity contribution in [2.45, 2.75) is 25.1 Å². The lowest BCUT2D eigenvalue weighted by Crippen LogP contribution is -2.47. The zero-order chi connectivity index (χ0) is 17.4. The zero-order valence-electron chi connectivity index (χ0n) is 13.5. The molecule has 2 aromatic carbocycles. The molecule has 0 bridgehead atoms. The fraction of sp³-hybridized carbons (Fsp3) is 0.316. The van der Waals surface area contributed by atoms with Crippen LogP contribution in [0.3, 0.4) is 0 Å². The number of nitrogens with one attached hydrogen (secondary N) is 1. The Morgan fingerprint density at radius 3 is 2.60 bits per heavy atom. The van der Waals surface area contributed by atoms with Gasteiger partial charge in [0.15, 0.2) is 0 Å². The lowest BCUT2D eigenvalue weighted by atomic mass is 10.0. The van der Waals surface area contributed by atoms with Gasteiger partial charge in [0.1, 0.15) is 17.8 Å². The van der Waals surface area contributed by atoms with Gasteiger partial charge in [0.2, 0.25) is 0 Å². The number of halogens is 2. The van der Waals surface area contributed by atoms with Crippen LogP contribution in [0.4, 0.5) is 14.5 Å². The van der Waals surface area contributed by atoms with Gasteiger partial charge in [-0.05, 0) is 37.1 Å². The third-order valence-electron chi connectivity index (χ3n) is 4.72. The first kappa shape index (κ1) is 16.0. The maximum absolute atomic E-state index is 14.4. The Hall–Kier alpha value is -2.47. The summed E-state index contributed by atoms with van der Waals surface area (Å²) in [5, 5.41) is 3.12. The summed E-state index contributed by atoms with van der Waals surface area (Å²) in [6.45, 7) is 0.939. The third kappa shape index (κ3) is 2.87. The second-order valence-electron chi connectivity index (χ2n) is 6.32. The van der Waals surface area contributed by atoms with E-state index in [0.29, 0.717) is 24.4 Å². The number of benzene rings is 2. The SMILES string of the molecule is O=C1c2ccccc2NC(c2c(F)cccc2F)N1CC1CCCO1. The number of hydrogen-bond donors (Lipinski definition) is 1. The number of nitrogens with zero attached hydrogens (tertiary/aromatic N) is 1. The summed E-state index contributed by atoms with van der Waals surface area (Å²) < 4.78 is 34.4. The van der Waals surface area contributed by atoms with Crippen molar-refractivity contribution in [3.05, 3.63) is 65.2 Å². The van der Waals surface area contributed by atoms with Crippen molar-refractivity contribution < 1.29 is 18.3 Å².